The van der Waals surface area contributed by atoms with Gasteiger partial charge in [-0.25, -0.2) is 4.98 Å². The molecule has 146 valence electrons. The molecule has 2 heterocycles. The minimum Gasteiger partial charge on any atom is -0.301 e. The SMILES string of the molecule is C[C@@H](C[C@@H]1CCN1C1CCCCCCC1)n1c(=O)c(Cl)nc2ccccc21. The van der Waals surface area contributed by atoms with Gasteiger partial charge in [0.2, 0.25) is 0 Å². The first-order valence-corrected chi connectivity index (χ1v) is 11.0. The van der Waals surface area contributed by atoms with Crippen LogP contribution in [-0.4, -0.2) is 33.1 Å². The van der Waals surface area contributed by atoms with Crippen molar-refractivity contribution in [3.8, 4) is 0 Å². The van der Waals surface area contributed by atoms with Crippen molar-refractivity contribution in [2.75, 3.05) is 6.54 Å². The number of nitrogens with zero attached hydrogens (tertiary/aromatic N) is 3. The maximum Gasteiger partial charge on any atom is 0.288 e. The van der Waals surface area contributed by atoms with Crippen molar-refractivity contribution in [1.82, 2.24) is 14.5 Å². The standard InChI is InChI=1S/C22H30ClN3O/c1-16(26-20-12-8-7-11-19(20)24-21(23)22(26)27)15-18-13-14-25(18)17-9-5-3-2-4-6-10-17/h7-8,11-12,16-18H,2-6,9-10,13-15H2,1H3/t16-,18-/m0/s1. The third-order valence-corrected chi connectivity index (χ3v) is 6.79. The van der Waals surface area contributed by atoms with E-state index in [9.17, 15) is 4.79 Å². The van der Waals surface area contributed by atoms with E-state index in [0.717, 1.165) is 23.5 Å². The lowest BCUT2D eigenvalue weighted by Crippen LogP contribution is -2.54. The molecule has 27 heavy (non-hydrogen) atoms. The number of benzene rings is 1. The molecular formula is C22H30ClN3O. The van der Waals surface area contributed by atoms with Gasteiger partial charge in [-0.05, 0) is 44.7 Å². The van der Waals surface area contributed by atoms with Crippen LogP contribution in [0.5, 0.6) is 0 Å². The fraction of sp³-hybridized carbons (Fsp3) is 0.636. The topological polar surface area (TPSA) is 38.1 Å². The highest BCUT2D eigenvalue weighted by Crippen LogP contribution is 2.33. The van der Waals surface area contributed by atoms with Crippen LogP contribution in [0, 0.1) is 0 Å². The first-order chi connectivity index (χ1) is 13.1. The Hall–Kier alpha value is -1.39. The molecule has 2 fully saturated rings. The van der Waals surface area contributed by atoms with Gasteiger partial charge in [0, 0.05) is 24.7 Å². The minimum absolute atomic E-state index is 0.0750. The lowest BCUT2D eigenvalue weighted by atomic mass is 9.88. The maximum absolute atomic E-state index is 12.7. The summed E-state index contributed by atoms with van der Waals surface area (Å²) in [5.41, 5.74) is 1.51. The molecule has 4 rings (SSSR count). The fourth-order valence-electron chi connectivity index (χ4n) is 5.02. The van der Waals surface area contributed by atoms with Crippen LogP contribution < -0.4 is 5.56 Å². The Morgan fingerprint density at radius 1 is 1.11 bits per heavy atom. The molecule has 0 amide bonds. The number of fused-ring (bicyclic) bond motifs is 1. The highest BCUT2D eigenvalue weighted by molar-refractivity contribution is 6.29. The summed E-state index contributed by atoms with van der Waals surface area (Å²) in [5.74, 6) is 0. The summed E-state index contributed by atoms with van der Waals surface area (Å²) >= 11 is 6.15. The molecule has 1 aromatic heterocycles. The van der Waals surface area contributed by atoms with Gasteiger partial charge in [0.25, 0.3) is 5.56 Å². The molecular weight excluding hydrogens is 358 g/mol. The molecule has 2 aliphatic rings. The smallest absolute Gasteiger partial charge is 0.288 e. The summed E-state index contributed by atoms with van der Waals surface area (Å²) in [4.78, 5) is 19.7. The number of hydrogen-bond donors (Lipinski definition) is 0. The van der Waals surface area contributed by atoms with Crippen molar-refractivity contribution in [1.29, 1.82) is 0 Å². The van der Waals surface area contributed by atoms with Crippen molar-refractivity contribution >= 4 is 22.6 Å². The molecule has 1 aromatic carbocycles. The summed E-state index contributed by atoms with van der Waals surface area (Å²) in [6, 6.07) is 9.24. The van der Waals surface area contributed by atoms with E-state index in [-0.39, 0.29) is 16.8 Å². The molecule has 0 unspecified atom stereocenters. The van der Waals surface area contributed by atoms with E-state index in [2.05, 4.69) is 16.8 Å². The predicted molar refractivity (Wildman–Crippen MR) is 112 cm³/mol. The summed E-state index contributed by atoms with van der Waals surface area (Å²) < 4.78 is 1.86. The molecule has 0 radical (unpaired) electrons. The number of halogens is 1. The van der Waals surface area contributed by atoms with E-state index < -0.39 is 0 Å². The van der Waals surface area contributed by atoms with Crippen molar-refractivity contribution in [3.05, 3.63) is 39.8 Å². The number of para-hydroxylation sites is 2. The molecule has 0 bridgehead atoms. The van der Waals surface area contributed by atoms with E-state index >= 15 is 0 Å². The second-order valence-electron chi connectivity index (χ2n) is 8.33. The highest BCUT2D eigenvalue weighted by Gasteiger charge is 2.35. The molecule has 0 spiro atoms. The molecule has 1 aliphatic carbocycles. The van der Waals surface area contributed by atoms with Gasteiger partial charge >= 0.3 is 0 Å². The van der Waals surface area contributed by atoms with Crippen LogP contribution in [-0.2, 0) is 0 Å². The van der Waals surface area contributed by atoms with Gasteiger partial charge in [-0.1, -0.05) is 55.8 Å². The lowest BCUT2D eigenvalue weighted by Gasteiger charge is -2.48. The molecule has 1 saturated carbocycles. The zero-order valence-electron chi connectivity index (χ0n) is 16.2. The normalized spacial score (nSPS) is 23.6. The molecule has 1 aliphatic heterocycles. The summed E-state index contributed by atoms with van der Waals surface area (Å²) in [5, 5.41) is 0.0750. The summed E-state index contributed by atoms with van der Waals surface area (Å²) in [6.07, 6.45) is 11.9. The Bertz CT molecular complexity index is 841. The second kappa shape index (κ2) is 8.32. The van der Waals surface area contributed by atoms with E-state index in [1.54, 1.807) is 0 Å². The second-order valence-corrected chi connectivity index (χ2v) is 8.69. The molecule has 0 N–H and O–H groups in total. The fourth-order valence-corrected chi connectivity index (χ4v) is 5.20. The van der Waals surface area contributed by atoms with Crippen molar-refractivity contribution in [2.45, 2.75) is 82.8 Å². The van der Waals surface area contributed by atoms with Gasteiger partial charge in [0.1, 0.15) is 0 Å². The maximum atomic E-state index is 12.7. The van der Waals surface area contributed by atoms with E-state index in [0.29, 0.717) is 6.04 Å². The minimum atomic E-state index is -0.167. The van der Waals surface area contributed by atoms with Gasteiger partial charge in [-0.15, -0.1) is 0 Å². The molecule has 4 nitrogen and oxygen atoms in total. The number of likely N-dealkylation sites (tertiary alicyclic amines) is 1. The molecule has 2 aromatic rings. The molecule has 5 heteroatoms. The number of rotatable bonds is 4. The van der Waals surface area contributed by atoms with Crippen LogP contribution in [0.25, 0.3) is 11.0 Å². The summed E-state index contributed by atoms with van der Waals surface area (Å²) in [7, 11) is 0. The zero-order chi connectivity index (χ0) is 18.8. The monoisotopic (exact) mass is 387 g/mol. The predicted octanol–water partition coefficient (Wildman–Crippen LogP) is 5.19. The van der Waals surface area contributed by atoms with Crippen LogP contribution in [0.1, 0.15) is 70.8 Å². The van der Waals surface area contributed by atoms with Gasteiger partial charge in [0.15, 0.2) is 5.15 Å². The zero-order valence-corrected chi connectivity index (χ0v) is 17.0. The first-order valence-electron chi connectivity index (χ1n) is 10.6. The average Bonchev–Trinajstić information content (AvgIpc) is 2.61. The largest absolute Gasteiger partial charge is 0.301 e. The third-order valence-electron chi connectivity index (χ3n) is 6.54. The number of aromatic nitrogens is 2. The summed E-state index contributed by atoms with van der Waals surface area (Å²) in [6.45, 7) is 3.37. The van der Waals surface area contributed by atoms with Gasteiger partial charge in [-0.2, -0.15) is 0 Å². The highest BCUT2D eigenvalue weighted by atomic mass is 35.5. The Morgan fingerprint density at radius 3 is 2.52 bits per heavy atom. The number of hydrogen-bond acceptors (Lipinski definition) is 3. The van der Waals surface area contributed by atoms with Gasteiger partial charge in [-0.3, -0.25) is 9.69 Å². The van der Waals surface area contributed by atoms with Crippen LogP contribution in [0.2, 0.25) is 5.15 Å². The van der Waals surface area contributed by atoms with Gasteiger partial charge < -0.3 is 4.57 Å². The first kappa shape index (κ1) is 18.9. The average molecular weight is 388 g/mol. The van der Waals surface area contributed by atoms with Crippen molar-refractivity contribution in [2.24, 2.45) is 0 Å². The Labute approximate surface area is 166 Å². The van der Waals surface area contributed by atoms with Crippen molar-refractivity contribution in [3.63, 3.8) is 0 Å². The quantitative estimate of drug-likeness (QED) is 0.724. The van der Waals surface area contributed by atoms with Crippen LogP contribution in [0.3, 0.4) is 0 Å². The van der Waals surface area contributed by atoms with Gasteiger partial charge in [0.05, 0.1) is 11.0 Å². The van der Waals surface area contributed by atoms with E-state index in [4.69, 9.17) is 11.6 Å². The van der Waals surface area contributed by atoms with Crippen LogP contribution >= 0.6 is 11.6 Å². The molecule has 1 saturated heterocycles. The molecule has 2 atom stereocenters. The van der Waals surface area contributed by atoms with Crippen molar-refractivity contribution < 1.29 is 0 Å². The van der Waals surface area contributed by atoms with Crippen LogP contribution in [0.4, 0.5) is 0 Å². The Morgan fingerprint density at radius 2 is 1.81 bits per heavy atom. The van der Waals surface area contributed by atoms with Crippen LogP contribution in [0.15, 0.2) is 29.1 Å². The van der Waals surface area contributed by atoms with E-state index in [1.165, 1.54) is 57.9 Å². The Balaban J connectivity index is 1.52. The van der Waals surface area contributed by atoms with E-state index in [1.807, 2.05) is 28.8 Å². The Kier molecular flexibility index (Phi) is 5.84. The third kappa shape index (κ3) is 3.93. The lowest BCUT2D eigenvalue weighted by molar-refractivity contribution is 0.0171.